The zero-order chi connectivity index (χ0) is 14.0. The van der Waals surface area contributed by atoms with Gasteiger partial charge in [-0.3, -0.25) is 0 Å². The SMILES string of the molecule is Cc1ccc(NC(C)c2ccc(C)c(F)c2)c(C)c1. The van der Waals surface area contributed by atoms with Crippen molar-refractivity contribution in [2.24, 2.45) is 0 Å². The Balaban J connectivity index is 2.20. The lowest BCUT2D eigenvalue weighted by Gasteiger charge is -2.18. The molecule has 2 rings (SSSR count). The Kier molecular flexibility index (Phi) is 3.89. The van der Waals surface area contributed by atoms with Gasteiger partial charge in [0.25, 0.3) is 0 Å². The summed E-state index contributed by atoms with van der Waals surface area (Å²) < 4.78 is 13.6. The number of benzene rings is 2. The first kappa shape index (κ1) is 13.6. The van der Waals surface area contributed by atoms with E-state index in [-0.39, 0.29) is 11.9 Å². The van der Waals surface area contributed by atoms with Gasteiger partial charge in [0.05, 0.1) is 0 Å². The summed E-state index contributed by atoms with van der Waals surface area (Å²) >= 11 is 0. The Morgan fingerprint density at radius 2 is 1.68 bits per heavy atom. The predicted molar refractivity (Wildman–Crippen MR) is 79.1 cm³/mol. The molecule has 0 aliphatic carbocycles. The minimum absolute atomic E-state index is 0.0801. The van der Waals surface area contributed by atoms with Crippen LogP contribution in [0.15, 0.2) is 36.4 Å². The Labute approximate surface area is 114 Å². The molecule has 0 heterocycles. The number of anilines is 1. The van der Waals surface area contributed by atoms with Crippen LogP contribution in [0, 0.1) is 26.6 Å². The highest BCUT2D eigenvalue weighted by molar-refractivity contribution is 5.53. The number of rotatable bonds is 3. The molecule has 2 aromatic carbocycles. The maximum Gasteiger partial charge on any atom is 0.126 e. The highest BCUT2D eigenvalue weighted by Crippen LogP contribution is 2.24. The van der Waals surface area contributed by atoms with E-state index in [1.54, 1.807) is 13.0 Å². The van der Waals surface area contributed by atoms with E-state index >= 15 is 0 Å². The molecular formula is C17H20FN. The van der Waals surface area contributed by atoms with Crippen LogP contribution < -0.4 is 5.32 Å². The van der Waals surface area contributed by atoms with E-state index in [9.17, 15) is 4.39 Å². The molecule has 0 amide bonds. The standard InChI is InChI=1S/C17H20FN/c1-11-5-8-17(13(3)9-11)19-14(4)15-7-6-12(2)16(18)10-15/h5-10,14,19H,1-4H3. The molecule has 0 saturated carbocycles. The first-order valence-corrected chi connectivity index (χ1v) is 6.57. The van der Waals surface area contributed by atoms with Crippen LogP contribution in [0.2, 0.25) is 0 Å². The summed E-state index contributed by atoms with van der Waals surface area (Å²) in [4.78, 5) is 0. The summed E-state index contributed by atoms with van der Waals surface area (Å²) in [5.74, 6) is -0.147. The molecule has 0 radical (unpaired) electrons. The Hall–Kier alpha value is -1.83. The van der Waals surface area contributed by atoms with Crippen LogP contribution in [-0.2, 0) is 0 Å². The first-order chi connectivity index (χ1) is 8.97. The normalized spacial score (nSPS) is 12.3. The monoisotopic (exact) mass is 257 g/mol. The average Bonchev–Trinajstić information content (AvgIpc) is 2.36. The van der Waals surface area contributed by atoms with E-state index in [2.05, 4.69) is 37.4 Å². The maximum atomic E-state index is 13.6. The summed E-state index contributed by atoms with van der Waals surface area (Å²) in [5, 5.41) is 3.43. The molecule has 0 bridgehead atoms. The van der Waals surface area contributed by atoms with Crippen LogP contribution in [0.25, 0.3) is 0 Å². The molecule has 2 aromatic rings. The molecule has 1 N–H and O–H groups in total. The molecule has 1 atom stereocenters. The third-order valence-corrected chi connectivity index (χ3v) is 3.45. The molecule has 0 aliphatic heterocycles. The van der Waals surface area contributed by atoms with Gasteiger partial charge < -0.3 is 5.32 Å². The van der Waals surface area contributed by atoms with Crippen molar-refractivity contribution in [3.8, 4) is 0 Å². The summed E-state index contributed by atoms with van der Waals surface area (Å²) in [7, 11) is 0. The van der Waals surface area contributed by atoms with Crippen LogP contribution >= 0.6 is 0 Å². The van der Waals surface area contributed by atoms with Gasteiger partial charge in [-0.25, -0.2) is 4.39 Å². The van der Waals surface area contributed by atoms with Crippen LogP contribution in [0.4, 0.5) is 10.1 Å². The fourth-order valence-corrected chi connectivity index (χ4v) is 2.17. The van der Waals surface area contributed by atoms with Gasteiger partial charge in [-0.15, -0.1) is 0 Å². The number of hydrogen-bond acceptors (Lipinski definition) is 1. The molecule has 0 aliphatic rings. The van der Waals surface area contributed by atoms with Gasteiger partial charge in [-0.2, -0.15) is 0 Å². The summed E-state index contributed by atoms with van der Waals surface area (Å²) in [5.41, 5.74) is 5.20. The third kappa shape index (κ3) is 3.14. The fourth-order valence-electron chi connectivity index (χ4n) is 2.17. The molecule has 0 aromatic heterocycles. The molecule has 0 fully saturated rings. The van der Waals surface area contributed by atoms with Gasteiger partial charge in [-0.05, 0) is 56.5 Å². The van der Waals surface area contributed by atoms with Gasteiger partial charge >= 0.3 is 0 Å². The van der Waals surface area contributed by atoms with Crippen LogP contribution in [-0.4, -0.2) is 0 Å². The molecule has 0 saturated heterocycles. The second-order valence-electron chi connectivity index (χ2n) is 5.19. The van der Waals surface area contributed by atoms with E-state index in [0.717, 1.165) is 11.3 Å². The van der Waals surface area contributed by atoms with Gasteiger partial charge in [0.15, 0.2) is 0 Å². The van der Waals surface area contributed by atoms with Crippen LogP contribution in [0.5, 0.6) is 0 Å². The van der Waals surface area contributed by atoms with Crippen molar-refractivity contribution in [1.29, 1.82) is 0 Å². The topological polar surface area (TPSA) is 12.0 Å². The molecule has 19 heavy (non-hydrogen) atoms. The van der Waals surface area contributed by atoms with Crippen molar-refractivity contribution in [3.63, 3.8) is 0 Å². The number of halogens is 1. The van der Waals surface area contributed by atoms with Gasteiger partial charge in [-0.1, -0.05) is 29.8 Å². The van der Waals surface area contributed by atoms with Crippen molar-refractivity contribution in [2.75, 3.05) is 5.32 Å². The van der Waals surface area contributed by atoms with E-state index in [1.807, 2.05) is 19.1 Å². The lowest BCUT2D eigenvalue weighted by atomic mass is 10.0. The minimum atomic E-state index is -0.147. The summed E-state index contributed by atoms with van der Waals surface area (Å²) in [6.45, 7) is 7.98. The molecule has 1 unspecified atom stereocenters. The summed E-state index contributed by atoms with van der Waals surface area (Å²) in [6, 6.07) is 11.8. The average molecular weight is 257 g/mol. The number of hydrogen-bond donors (Lipinski definition) is 1. The quantitative estimate of drug-likeness (QED) is 0.822. The smallest absolute Gasteiger partial charge is 0.126 e. The minimum Gasteiger partial charge on any atom is -0.378 e. The van der Waals surface area contributed by atoms with Crippen molar-refractivity contribution >= 4 is 5.69 Å². The van der Waals surface area contributed by atoms with Crippen molar-refractivity contribution in [1.82, 2.24) is 0 Å². The highest BCUT2D eigenvalue weighted by Gasteiger charge is 2.09. The predicted octanol–water partition coefficient (Wildman–Crippen LogP) is 4.92. The van der Waals surface area contributed by atoms with Crippen molar-refractivity contribution in [2.45, 2.75) is 33.7 Å². The molecular weight excluding hydrogens is 237 g/mol. The lowest BCUT2D eigenvalue weighted by molar-refractivity contribution is 0.614. The fraction of sp³-hybridized carbons (Fsp3) is 0.294. The molecule has 100 valence electrons. The second kappa shape index (κ2) is 5.43. The van der Waals surface area contributed by atoms with E-state index in [1.165, 1.54) is 11.1 Å². The first-order valence-electron chi connectivity index (χ1n) is 6.57. The van der Waals surface area contributed by atoms with Gasteiger partial charge in [0, 0.05) is 11.7 Å². The van der Waals surface area contributed by atoms with Gasteiger partial charge in [0.1, 0.15) is 5.82 Å². The number of nitrogens with one attached hydrogen (secondary N) is 1. The van der Waals surface area contributed by atoms with E-state index in [0.29, 0.717) is 5.56 Å². The Morgan fingerprint density at radius 1 is 0.947 bits per heavy atom. The zero-order valence-electron chi connectivity index (χ0n) is 11.9. The molecule has 2 heteroatoms. The maximum absolute atomic E-state index is 13.6. The van der Waals surface area contributed by atoms with Crippen molar-refractivity contribution in [3.05, 3.63) is 64.5 Å². The van der Waals surface area contributed by atoms with Crippen LogP contribution in [0.1, 0.15) is 35.2 Å². The van der Waals surface area contributed by atoms with E-state index in [4.69, 9.17) is 0 Å². The molecule has 1 nitrogen and oxygen atoms in total. The summed E-state index contributed by atoms with van der Waals surface area (Å²) in [6.07, 6.45) is 0. The van der Waals surface area contributed by atoms with E-state index < -0.39 is 0 Å². The zero-order valence-corrected chi connectivity index (χ0v) is 11.9. The third-order valence-electron chi connectivity index (χ3n) is 3.45. The highest BCUT2D eigenvalue weighted by atomic mass is 19.1. The Bertz CT molecular complexity index is 590. The second-order valence-corrected chi connectivity index (χ2v) is 5.19. The number of aryl methyl sites for hydroxylation is 3. The molecule has 0 spiro atoms. The largest absolute Gasteiger partial charge is 0.378 e. The lowest BCUT2D eigenvalue weighted by Crippen LogP contribution is -2.08. The van der Waals surface area contributed by atoms with Crippen LogP contribution in [0.3, 0.4) is 0 Å². The Morgan fingerprint density at radius 3 is 2.32 bits per heavy atom. The van der Waals surface area contributed by atoms with Crippen molar-refractivity contribution < 1.29 is 4.39 Å². The van der Waals surface area contributed by atoms with Gasteiger partial charge in [0.2, 0.25) is 0 Å².